The van der Waals surface area contributed by atoms with Gasteiger partial charge < -0.3 is 14.4 Å². The molecule has 0 aliphatic carbocycles. The molecule has 0 spiro atoms. The van der Waals surface area contributed by atoms with E-state index in [9.17, 15) is 13.2 Å². The largest absolute Gasteiger partial charge is 0.496 e. The van der Waals surface area contributed by atoms with Gasteiger partial charge in [0.1, 0.15) is 16.4 Å². The fraction of sp³-hybridized carbons (Fsp3) is 0.211. The van der Waals surface area contributed by atoms with Crippen LogP contribution in [-0.2, 0) is 9.84 Å². The van der Waals surface area contributed by atoms with Crippen LogP contribution in [0.4, 0.5) is 5.69 Å². The van der Waals surface area contributed by atoms with E-state index in [-0.39, 0.29) is 26.9 Å². The summed E-state index contributed by atoms with van der Waals surface area (Å²) in [5.41, 5.74) is 1.37. The van der Waals surface area contributed by atoms with Gasteiger partial charge in [-0.05, 0) is 29.8 Å². The van der Waals surface area contributed by atoms with Crippen LogP contribution in [0.3, 0.4) is 0 Å². The van der Waals surface area contributed by atoms with Crippen molar-refractivity contribution in [1.29, 1.82) is 0 Å². The highest BCUT2D eigenvalue weighted by Crippen LogP contribution is 2.43. The molecule has 26 heavy (non-hydrogen) atoms. The number of methoxy groups -OCH3 is 2. The van der Waals surface area contributed by atoms with E-state index in [2.05, 4.69) is 0 Å². The van der Waals surface area contributed by atoms with Gasteiger partial charge in [0.15, 0.2) is 5.78 Å². The molecule has 1 aliphatic heterocycles. The third-order valence-corrected chi connectivity index (χ3v) is 6.13. The summed E-state index contributed by atoms with van der Waals surface area (Å²) in [6.07, 6.45) is 1.14. The van der Waals surface area contributed by atoms with Crippen LogP contribution in [0.1, 0.15) is 15.9 Å². The first kappa shape index (κ1) is 18.0. The Kier molecular flexibility index (Phi) is 4.50. The van der Waals surface area contributed by atoms with Crippen LogP contribution in [0.2, 0.25) is 0 Å². The van der Waals surface area contributed by atoms with Crippen molar-refractivity contribution in [3.8, 4) is 11.5 Å². The number of ether oxygens (including phenoxy) is 2. The van der Waals surface area contributed by atoms with Gasteiger partial charge >= 0.3 is 0 Å². The molecule has 0 unspecified atom stereocenters. The fourth-order valence-electron chi connectivity index (χ4n) is 2.92. The molecule has 7 heteroatoms. The average Bonchev–Trinajstić information content (AvgIpc) is 2.63. The predicted molar refractivity (Wildman–Crippen MR) is 99.8 cm³/mol. The van der Waals surface area contributed by atoms with Crippen LogP contribution < -0.4 is 14.4 Å². The van der Waals surface area contributed by atoms with Gasteiger partial charge in [-0.1, -0.05) is 12.1 Å². The molecule has 1 heterocycles. The second-order valence-corrected chi connectivity index (χ2v) is 7.85. The maximum Gasteiger partial charge on any atom is 0.211 e. The predicted octanol–water partition coefficient (Wildman–Crippen LogP) is 2.78. The molecular formula is C19H19NO5S. The number of allylic oxidation sites excluding steroid dienone is 1. The lowest BCUT2D eigenvalue weighted by Gasteiger charge is -2.21. The summed E-state index contributed by atoms with van der Waals surface area (Å²) in [5.74, 6) is -0.116. The molecule has 0 radical (unpaired) electrons. The second kappa shape index (κ2) is 6.49. The van der Waals surface area contributed by atoms with Crippen LogP contribution in [0.25, 0.3) is 4.91 Å². The van der Waals surface area contributed by atoms with Crippen molar-refractivity contribution in [3.05, 3.63) is 53.6 Å². The molecule has 0 aromatic heterocycles. The van der Waals surface area contributed by atoms with Gasteiger partial charge in [0, 0.05) is 25.9 Å². The Balaban J connectivity index is 2.23. The van der Waals surface area contributed by atoms with Gasteiger partial charge in [-0.2, -0.15) is 0 Å². The third kappa shape index (κ3) is 2.74. The van der Waals surface area contributed by atoms with Crippen molar-refractivity contribution in [1.82, 2.24) is 0 Å². The number of rotatable bonds is 4. The molecule has 1 aliphatic rings. The van der Waals surface area contributed by atoms with E-state index >= 15 is 0 Å². The summed E-state index contributed by atoms with van der Waals surface area (Å²) in [7, 11) is 2.58. The Morgan fingerprint density at radius 2 is 1.46 bits per heavy atom. The number of nitrogens with zero attached hydrogens (tertiary/aromatic N) is 1. The normalized spacial score (nSPS) is 15.1. The number of hydrogen-bond donors (Lipinski definition) is 0. The smallest absolute Gasteiger partial charge is 0.211 e. The molecule has 6 nitrogen and oxygen atoms in total. The molecule has 0 atom stereocenters. The zero-order valence-electron chi connectivity index (χ0n) is 14.9. The second-order valence-electron chi connectivity index (χ2n) is 5.99. The first-order chi connectivity index (χ1) is 12.3. The molecule has 0 N–H and O–H groups in total. The van der Waals surface area contributed by atoms with Crippen LogP contribution in [0, 0.1) is 0 Å². The highest BCUT2D eigenvalue weighted by molar-refractivity contribution is 8.01. The van der Waals surface area contributed by atoms with Crippen LogP contribution >= 0.6 is 0 Å². The molecule has 2 aromatic rings. The number of carbonyl (C=O) groups excluding carboxylic acids is 1. The minimum Gasteiger partial charge on any atom is -0.496 e. The molecule has 136 valence electrons. The number of fused-ring (bicyclic) bond motifs is 1. The summed E-state index contributed by atoms with van der Waals surface area (Å²) in [6.45, 7) is 0. The monoisotopic (exact) mass is 373 g/mol. The molecular weight excluding hydrogens is 354 g/mol. The molecule has 0 saturated carbocycles. The number of carbonyl (C=O) groups is 1. The van der Waals surface area contributed by atoms with Gasteiger partial charge in [-0.3, -0.25) is 4.79 Å². The van der Waals surface area contributed by atoms with Crippen molar-refractivity contribution in [2.24, 2.45) is 0 Å². The molecule has 2 aromatic carbocycles. The highest BCUT2D eigenvalue weighted by atomic mass is 32.2. The van der Waals surface area contributed by atoms with Crippen LogP contribution in [-0.4, -0.2) is 42.5 Å². The maximum absolute atomic E-state index is 13.3. The number of ketones is 1. The quantitative estimate of drug-likeness (QED) is 0.821. The Labute approximate surface area is 152 Å². The zero-order chi connectivity index (χ0) is 19.1. The standard InChI is InChI=1S/C19H19NO5S/c1-20(2)13-7-5-12(6-8-13)17-11-14(21)18-15(24-3)9-10-16(25-4)19(18)26(17,22)23/h5-11H,1-4H3. The summed E-state index contributed by atoms with van der Waals surface area (Å²) in [5, 5.41) is 0. The van der Waals surface area contributed by atoms with Crippen molar-refractivity contribution in [3.63, 3.8) is 0 Å². The van der Waals surface area contributed by atoms with Crippen LogP contribution in [0.5, 0.6) is 11.5 Å². The summed E-state index contributed by atoms with van der Waals surface area (Å²) in [4.78, 5) is 14.4. The van der Waals surface area contributed by atoms with E-state index in [0.717, 1.165) is 11.8 Å². The third-order valence-electron chi connectivity index (χ3n) is 4.26. The number of anilines is 1. The lowest BCUT2D eigenvalue weighted by atomic mass is 10.1. The Morgan fingerprint density at radius 3 is 2.00 bits per heavy atom. The average molecular weight is 373 g/mol. The lowest BCUT2D eigenvalue weighted by Crippen LogP contribution is -2.18. The molecule has 0 saturated heterocycles. The summed E-state index contributed by atoms with van der Waals surface area (Å²) >= 11 is 0. The van der Waals surface area contributed by atoms with Gasteiger partial charge in [0.2, 0.25) is 9.84 Å². The topological polar surface area (TPSA) is 72.9 Å². The van der Waals surface area contributed by atoms with Crippen molar-refractivity contribution in [2.45, 2.75) is 4.90 Å². The lowest BCUT2D eigenvalue weighted by molar-refractivity contribution is 0.104. The van der Waals surface area contributed by atoms with Gasteiger partial charge in [-0.15, -0.1) is 0 Å². The molecule has 0 fully saturated rings. The van der Waals surface area contributed by atoms with Crippen molar-refractivity contribution in [2.75, 3.05) is 33.2 Å². The van der Waals surface area contributed by atoms with E-state index in [0.29, 0.717) is 5.56 Å². The maximum atomic E-state index is 13.3. The van der Waals surface area contributed by atoms with E-state index in [1.807, 2.05) is 19.0 Å². The van der Waals surface area contributed by atoms with Gasteiger partial charge in [0.05, 0.1) is 24.7 Å². The van der Waals surface area contributed by atoms with E-state index in [4.69, 9.17) is 9.47 Å². The Morgan fingerprint density at radius 1 is 0.885 bits per heavy atom. The van der Waals surface area contributed by atoms with E-state index < -0.39 is 15.6 Å². The number of hydrogen-bond acceptors (Lipinski definition) is 6. The molecule has 0 bridgehead atoms. The number of sulfone groups is 1. The first-order valence-electron chi connectivity index (χ1n) is 7.85. The minimum absolute atomic E-state index is 0.000474. The highest BCUT2D eigenvalue weighted by Gasteiger charge is 2.37. The summed E-state index contributed by atoms with van der Waals surface area (Å²) < 4.78 is 36.9. The first-order valence-corrected chi connectivity index (χ1v) is 9.33. The Bertz CT molecular complexity index is 1000. The van der Waals surface area contributed by atoms with Gasteiger partial charge in [-0.25, -0.2) is 8.42 Å². The number of benzene rings is 2. The SMILES string of the molecule is COc1ccc(OC)c2c1C(=O)C=C(c1ccc(N(C)C)cc1)S2(=O)=O. The molecule has 0 amide bonds. The van der Waals surface area contributed by atoms with Gasteiger partial charge in [0.25, 0.3) is 0 Å². The molecule has 3 rings (SSSR count). The Hall–Kier alpha value is -2.80. The minimum atomic E-state index is -3.96. The summed E-state index contributed by atoms with van der Waals surface area (Å²) in [6, 6.07) is 9.98. The van der Waals surface area contributed by atoms with E-state index in [1.54, 1.807) is 24.3 Å². The van der Waals surface area contributed by atoms with Crippen LogP contribution in [0.15, 0.2) is 47.4 Å². The van der Waals surface area contributed by atoms with E-state index in [1.165, 1.54) is 26.4 Å². The zero-order valence-corrected chi connectivity index (χ0v) is 15.8. The van der Waals surface area contributed by atoms with Crippen molar-refractivity contribution >= 4 is 26.2 Å². The fourth-order valence-corrected chi connectivity index (χ4v) is 4.73. The van der Waals surface area contributed by atoms with Crippen molar-refractivity contribution < 1.29 is 22.7 Å².